The van der Waals surface area contributed by atoms with Gasteiger partial charge in [-0.05, 0) is 89.5 Å². The molecule has 0 radical (unpaired) electrons. The summed E-state index contributed by atoms with van der Waals surface area (Å²) >= 11 is 0. The largest absolute Gasteiger partial charge is 0.456 e. The van der Waals surface area contributed by atoms with E-state index in [1.165, 1.54) is 81.6 Å². The molecule has 3 heteroatoms. The quantitative estimate of drug-likeness (QED) is 0.172. The first-order chi connectivity index (χ1) is 25.2. The molecule has 12 rings (SSSR count). The van der Waals surface area contributed by atoms with Crippen LogP contribution in [0.3, 0.4) is 0 Å². The molecule has 2 aromatic heterocycles. The smallest absolute Gasteiger partial charge is 0.147 e. The highest BCUT2D eigenvalue weighted by Gasteiger charge is 2.51. The van der Waals surface area contributed by atoms with Crippen molar-refractivity contribution in [2.45, 2.75) is 12.5 Å². The standard InChI is InChI=1S/C48H30O2Si/c1-51-41-26-24-39-44(33-13-4-6-18-37(33)49-39)46(41)36-17-9-16-35(48(36)51)43(47-42(51)27-25-40-45(47)34-14-5-7-19-38(34)50-40)30-22-20-29(21-23-30)32-15-8-11-28-10-2-3-12-31(28)32/h2-27,43H,1H3. The van der Waals surface area contributed by atoms with Crippen LogP contribution >= 0.6 is 0 Å². The van der Waals surface area contributed by atoms with Gasteiger partial charge < -0.3 is 8.83 Å². The van der Waals surface area contributed by atoms with Gasteiger partial charge >= 0.3 is 0 Å². The molecule has 51 heavy (non-hydrogen) atoms. The van der Waals surface area contributed by atoms with E-state index in [0.717, 1.165) is 22.3 Å². The minimum absolute atomic E-state index is 0.0488. The zero-order valence-electron chi connectivity index (χ0n) is 27.9. The zero-order chi connectivity index (χ0) is 33.4. The van der Waals surface area contributed by atoms with Crippen LogP contribution in [0.4, 0.5) is 0 Å². The van der Waals surface area contributed by atoms with E-state index in [1.807, 2.05) is 0 Å². The number of hydrogen-bond donors (Lipinski definition) is 0. The molecule has 0 fully saturated rings. The van der Waals surface area contributed by atoms with E-state index >= 15 is 0 Å². The normalized spacial score (nSPS) is 17.4. The topological polar surface area (TPSA) is 26.3 Å². The van der Waals surface area contributed by atoms with Gasteiger partial charge in [0, 0.05) is 27.5 Å². The Bertz CT molecular complexity index is 3100. The lowest BCUT2D eigenvalue weighted by Gasteiger charge is -2.39. The molecule has 0 aliphatic carbocycles. The van der Waals surface area contributed by atoms with Crippen molar-refractivity contribution in [2.75, 3.05) is 0 Å². The van der Waals surface area contributed by atoms with E-state index in [2.05, 4.69) is 164 Å². The molecule has 0 bridgehead atoms. The molecule has 2 aliphatic rings. The highest BCUT2D eigenvalue weighted by atomic mass is 28.3. The van der Waals surface area contributed by atoms with Gasteiger partial charge in [-0.3, -0.25) is 0 Å². The number of para-hydroxylation sites is 2. The zero-order valence-corrected chi connectivity index (χ0v) is 28.9. The first-order valence-electron chi connectivity index (χ1n) is 17.8. The predicted octanol–water partition coefficient (Wildman–Crippen LogP) is 10.9. The minimum atomic E-state index is -2.49. The summed E-state index contributed by atoms with van der Waals surface area (Å²) in [5, 5.41) is 11.9. The fraction of sp³-hybridized carbons (Fsp3) is 0.0417. The van der Waals surface area contributed by atoms with Crippen LogP contribution in [0.1, 0.15) is 22.6 Å². The number of rotatable bonds is 2. The van der Waals surface area contributed by atoms with Crippen LogP contribution in [0.25, 0.3) is 76.9 Å². The molecule has 0 amide bonds. The molecule has 0 spiro atoms. The van der Waals surface area contributed by atoms with Gasteiger partial charge in [0.25, 0.3) is 0 Å². The number of hydrogen-bond acceptors (Lipinski definition) is 2. The summed E-state index contributed by atoms with van der Waals surface area (Å²) in [6.07, 6.45) is 0. The number of fused-ring (bicyclic) bond motifs is 14. The van der Waals surface area contributed by atoms with Crippen LogP contribution in [-0.4, -0.2) is 8.07 Å². The molecule has 2 aliphatic heterocycles. The summed E-state index contributed by atoms with van der Waals surface area (Å²) in [7, 11) is -2.49. The maximum absolute atomic E-state index is 6.59. The van der Waals surface area contributed by atoms with Crippen molar-refractivity contribution < 1.29 is 8.83 Å². The Hall–Kier alpha value is -6.16. The van der Waals surface area contributed by atoms with Gasteiger partial charge in [0.1, 0.15) is 30.4 Å². The first-order valence-corrected chi connectivity index (χ1v) is 20.3. The third kappa shape index (κ3) is 3.46. The van der Waals surface area contributed by atoms with Crippen molar-refractivity contribution in [3.05, 3.63) is 174 Å². The summed E-state index contributed by atoms with van der Waals surface area (Å²) in [6, 6.07) is 58.1. The third-order valence-electron chi connectivity index (χ3n) is 12.0. The highest BCUT2D eigenvalue weighted by Crippen LogP contribution is 2.48. The lowest BCUT2D eigenvalue weighted by Crippen LogP contribution is -2.66. The van der Waals surface area contributed by atoms with Gasteiger partial charge in [-0.1, -0.05) is 140 Å². The van der Waals surface area contributed by atoms with E-state index in [0.29, 0.717) is 0 Å². The van der Waals surface area contributed by atoms with Crippen LogP contribution in [0.5, 0.6) is 0 Å². The molecular weight excluding hydrogens is 637 g/mol. The van der Waals surface area contributed by atoms with Crippen molar-refractivity contribution >= 4 is 78.3 Å². The highest BCUT2D eigenvalue weighted by molar-refractivity contribution is 7.14. The Morgan fingerprint density at radius 3 is 1.86 bits per heavy atom. The molecule has 8 aromatic carbocycles. The maximum atomic E-state index is 6.59. The van der Waals surface area contributed by atoms with E-state index in [-0.39, 0.29) is 5.92 Å². The van der Waals surface area contributed by atoms with Gasteiger partial charge in [0.2, 0.25) is 0 Å². The summed E-state index contributed by atoms with van der Waals surface area (Å²) < 4.78 is 13.1. The number of furan rings is 2. The summed E-state index contributed by atoms with van der Waals surface area (Å²) in [5.74, 6) is 0.0488. The van der Waals surface area contributed by atoms with Crippen LogP contribution in [0.15, 0.2) is 167 Å². The minimum Gasteiger partial charge on any atom is -0.456 e. The molecule has 2 nitrogen and oxygen atoms in total. The van der Waals surface area contributed by atoms with Crippen molar-refractivity contribution in [3.8, 4) is 22.3 Å². The second kappa shape index (κ2) is 9.75. The summed E-state index contributed by atoms with van der Waals surface area (Å²) in [6.45, 7) is 2.59. The van der Waals surface area contributed by atoms with Crippen molar-refractivity contribution in [3.63, 3.8) is 0 Å². The summed E-state index contributed by atoms with van der Waals surface area (Å²) in [5.41, 5.74) is 13.2. The van der Waals surface area contributed by atoms with Gasteiger partial charge in [0.05, 0.1) is 0 Å². The Labute approximate surface area is 295 Å². The third-order valence-corrected chi connectivity index (χ3v) is 16.6. The Morgan fingerprint density at radius 2 is 1.08 bits per heavy atom. The SMILES string of the molecule is C[Si]12c3ccc4oc5ccccc5c4c3-c3cccc(c31)C(c1ccc(-c3cccc4ccccc34)cc1)c1c2ccc2oc3ccccc3c12. The van der Waals surface area contributed by atoms with Gasteiger partial charge in [0.15, 0.2) is 0 Å². The van der Waals surface area contributed by atoms with E-state index in [1.54, 1.807) is 5.19 Å². The van der Waals surface area contributed by atoms with Gasteiger partial charge in [-0.25, -0.2) is 0 Å². The van der Waals surface area contributed by atoms with Gasteiger partial charge in [-0.15, -0.1) is 0 Å². The van der Waals surface area contributed by atoms with Crippen molar-refractivity contribution in [1.29, 1.82) is 0 Å². The Morgan fingerprint density at radius 1 is 0.471 bits per heavy atom. The van der Waals surface area contributed by atoms with Crippen molar-refractivity contribution in [2.24, 2.45) is 0 Å². The van der Waals surface area contributed by atoms with Crippen LogP contribution in [0, 0.1) is 0 Å². The molecule has 0 N–H and O–H groups in total. The molecule has 10 aromatic rings. The Kier molecular flexibility index (Phi) is 5.28. The molecule has 4 heterocycles. The Balaban J connectivity index is 1.18. The number of benzene rings is 8. The van der Waals surface area contributed by atoms with E-state index in [4.69, 9.17) is 8.83 Å². The average Bonchev–Trinajstić information content (AvgIpc) is 3.84. The van der Waals surface area contributed by atoms with Gasteiger partial charge in [-0.2, -0.15) is 0 Å². The fourth-order valence-corrected chi connectivity index (χ4v) is 14.7. The second-order valence-corrected chi connectivity index (χ2v) is 18.3. The predicted molar refractivity (Wildman–Crippen MR) is 214 cm³/mol. The second-order valence-electron chi connectivity index (χ2n) is 14.4. The fourth-order valence-electron chi connectivity index (χ4n) is 9.92. The van der Waals surface area contributed by atoms with E-state index in [9.17, 15) is 0 Å². The maximum Gasteiger partial charge on any atom is 0.147 e. The summed E-state index contributed by atoms with van der Waals surface area (Å²) in [4.78, 5) is 0. The molecule has 0 saturated carbocycles. The molecule has 2 unspecified atom stereocenters. The molecular formula is C48H30O2Si. The van der Waals surface area contributed by atoms with Crippen LogP contribution in [0.2, 0.25) is 6.55 Å². The van der Waals surface area contributed by atoms with Crippen LogP contribution in [-0.2, 0) is 0 Å². The van der Waals surface area contributed by atoms with Crippen molar-refractivity contribution in [1.82, 2.24) is 0 Å². The monoisotopic (exact) mass is 666 g/mol. The molecule has 2 atom stereocenters. The lowest BCUT2D eigenvalue weighted by atomic mass is 9.81. The molecule has 0 saturated heterocycles. The molecule has 238 valence electrons. The lowest BCUT2D eigenvalue weighted by molar-refractivity contribution is 0.668. The average molecular weight is 667 g/mol. The van der Waals surface area contributed by atoms with Crippen LogP contribution < -0.4 is 15.6 Å². The van der Waals surface area contributed by atoms with E-state index < -0.39 is 8.07 Å². The first kappa shape index (κ1) is 27.6.